The first-order valence-corrected chi connectivity index (χ1v) is 7.70. The standard InChI is InChI=1S/C14H19NO5S/c1-4-9-15(10-11-19-2)21(17,18)13-8-6-5-7-12(13)14(16)20-3/h4-8H,1,9-11H2,2-3H3. The molecule has 1 rings (SSSR count). The van der Waals surface area contributed by atoms with Crippen molar-refractivity contribution in [3.63, 3.8) is 0 Å². The third-order valence-electron chi connectivity index (χ3n) is 2.79. The van der Waals surface area contributed by atoms with Crippen LogP contribution in [0.4, 0.5) is 0 Å². The van der Waals surface area contributed by atoms with Gasteiger partial charge in [-0.1, -0.05) is 18.2 Å². The van der Waals surface area contributed by atoms with E-state index in [9.17, 15) is 13.2 Å². The Balaban J connectivity index is 3.27. The molecule has 0 saturated heterocycles. The first kappa shape index (κ1) is 17.4. The molecule has 21 heavy (non-hydrogen) atoms. The minimum atomic E-state index is -3.84. The lowest BCUT2D eigenvalue weighted by Gasteiger charge is -2.21. The van der Waals surface area contributed by atoms with E-state index in [1.54, 1.807) is 12.1 Å². The molecule has 0 atom stereocenters. The second-order valence-corrected chi connectivity index (χ2v) is 6.04. The number of ether oxygens (including phenoxy) is 2. The van der Waals surface area contributed by atoms with Gasteiger partial charge in [-0.05, 0) is 12.1 Å². The van der Waals surface area contributed by atoms with Crippen LogP contribution in [0.2, 0.25) is 0 Å². The second-order valence-electron chi connectivity index (χ2n) is 4.13. The van der Waals surface area contributed by atoms with Crippen molar-refractivity contribution >= 4 is 16.0 Å². The minimum absolute atomic E-state index is 0.00600. The molecule has 0 fully saturated rings. The Morgan fingerprint density at radius 3 is 2.57 bits per heavy atom. The highest BCUT2D eigenvalue weighted by molar-refractivity contribution is 7.89. The van der Waals surface area contributed by atoms with E-state index in [4.69, 9.17) is 4.74 Å². The minimum Gasteiger partial charge on any atom is -0.465 e. The van der Waals surface area contributed by atoms with Crippen LogP contribution >= 0.6 is 0 Å². The van der Waals surface area contributed by atoms with Crippen LogP contribution < -0.4 is 0 Å². The van der Waals surface area contributed by atoms with Gasteiger partial charge in [0.2, 0.25) is 10.0 Å². The Hall–Kier alpha value is -1.70. The van der Waals surface area contributed by atoms with Gasteiger partial charge in [-0.15, -0.1) is 6.58 Å². The van der Waals surface area contributed by atoms with Crippen LogP contribution in [0.1, 0.15) is 10.4 Å². The van der Waals surface area contributed by atoms with Crippen LogP contribution in [0.25, 0.3) is 0 Å². The number of hydrogen-bond acceptors (Lipinski definition) is 5. The van der Waals surface area contributed by atoms with Crippen molar-refractivity contribution < 1.29 is 22.7 Å². The molecule has 0 aliphatic rings. The van der Waals surface area contributed by atoms with Crippen LogP contribution in [0, 0.1) is 0 Å². The van der Waals surface area contributed by atoms with Gasteiger partial charge in [-0.2, -0.15) is 4.31 Å². The summed E-state index contributed by atoms with van der Waals surface area (Å²) in [5, 5.41) is 0. The quantitative estimate of drug-likeness (QED) is 0.534. The van der Waals surface area contributed by atoms with Crippen molar-refractivity contribution in [2.75, 3.05) is 33.9 Å². The van der Waals surface area contributed by atoms with E-state index in [-0.39, 0.29) is 30.2 Å². The van der Waals surface area contributed by atoms with Crippen LogP contribution in [-0.4, -0.2) is 52.6 Å². The van der Waals surface area contributed by atoms with Gasteiger partial charge in [-0.3, -0.25) is 0 Å². The summed E-state index contributed by atoms with van der Waals surface area (Å²) < 4.78 is 36.1. The number of sulfonamides is 1. The monoisotopic (exact) mass is 313 g/mol. The Labute approximate surface area is 125 Å². The lowest BCUT2D eigenvalue weighted by Crippen LogP contribution is -2.35. The normalized spacial score (nSPS) is 11.4. The zero-order chi connectivity index (χ0) is 15.9. The molecule has 1 aromatic rings. The molecule has 0 aromatic heterocycles. The number of carbonyl (C=O) groups is 1. The fraction of sp³-hybridized carbons (Fsp3) is 0.357. The maximum atomic E-state index is 12.7. The van der Waals surface area contributed by atoms with Gasteiger partial charge in [-0.25, -0.2) is 13.2 Å². The van der Waals surface area contributed by atoms with E-state index in [2.05, 4.69) is 11.3 Å². The summed E-state index contributed by atoms with van der Waals surface area (Å²) >= 11 is 0. The SMILES string of the molecule is C=CCN(CCOC)S(=O)(=O)c1ccccc1C(=O)OC. The summed E-state index contributed by atoms with van der Waals surface area (Å²) in [6.07, 6.45) is 1.48. The molecule has 0 radical (unpaired) electrons. The van der Waals surface area contributed by atoms with Crippen molar-refractivity contribution in [3.8, 4) is 0 Å². The van der Waals surface area contributed by atoms with E-state index >= 15 is 0 Å². The largest absolute Gasteiger partial charge is 0.465 e. The number of carbonyl (C=O) groups excluding carboxylic acids is 1. The summed E-state index contributed by atoms with van der Waals surface area (Å²) in [5.74, 6) is -0.695. The van der Waals surface area contributed by atoms with Gasteiger partial charge >= 0.3 is 5.97 Å². The first-order valence-electron chi connectivity index (χ1n) is 6.26. The molecular weight excluding hydrogens is 294 g/mol. The molecule has 6 nitrogen and oxygen atoms in total. The van der Waals surface area contributed by atoms with Crippen molar-refractivity contribution in [2.24, 2.45) is 0 Å². The van der Waals surface area contributed by atoms with Gasteiger partial charge in [0.1, 0.15) is 0 Å². The van der Waals surface area contributed by atoms with E-state index in [0.29, 0.717) is 0 Å². The summed E-state index contributed by atoms with van der Waals surface area (Å²) in [7, 11) is -1.15. The Kier molecular flexibility index (Phi) is 6.54. The molecule has 0 spiro atoms. The maximum Gasteiger partial charge on any atom is 0.339 e. The molecule has 0 saturated carbocycles. The highest BCUT2D eigenvalue weighted by atomic mass is 32.2. The van der Waals surface area contributed by atoms with Gasteiger partial charge in [0.05, 0.1) is 24.2 Å². The maximum absolute atomic E-state index is 12.7. The highest BCUT2D eigenvalue weighted by Gasteiger charge is 2.28. The average Bonchev–Trinajstić information content (AvgIpc) is 2.50. The van der Waals surface area contributed by atoms with Crippen molar-refractivity contribution in [2.45, 2.75) is 4.90 Å². The fourth-order valence-corrected chi connectivity index (χ4v) is 3.33. The molecule has 0 aliphatic carbocycles. The summed E-state index contributed by atoms with van der Waals surface area (Å²) in [4.78, 5) is 11.6. The van der Waals surface area contributed by atoms with Gasteiger partial charge in [0, 0.05) is 20.2 Å². The zero-order valence-corrected chi connectivity index (χ0v) is 12.9. The Bertz CT molecular complexity index is 597. The van der Waals surface area contributed by atoms with Crippen LogP contribution in [0.3, 0.4) is 0 Å². The van der Waals surface area contributed by atoms with Crippen LogP contribution in [0.15, 0.2) is 41.8 Å². The van der Waals surface area contributed by atoms with Gasteiger partial charge in [0.15, 0.2) is 0 Å². The third-order valence-corrected chi connectivity index (χ3v) is 4.71. The van der Waals surface area contributed by atoms with E-state index in [1.165, 1.54) is 36.7 Å². The lowest BCUT2D eigenvalue weighted by atomic mass is 10.2. The molecule has 0 amide bonds. The van der Waals surface area contributed by atoms with E-state index < -0.39 is 16.0 Å². The van der Waals surface area contributed by atoms with Crippen LogP contribution in [0.5, 0.6) is 0 Å². The molecule has 1 aromatic carbocycles. The molecule has 0 aliphatic heterocycles. The lowest BCUT2D eigenvalue weighted by molar-refractivity contribution is 0.0596. The Morgan fingerprint density at radius 2 is 2.00 bits per heavy atom. The number of nitrogens with zero attached hydrogens (tertiary/aromatic N) is 1. The predicted octanol–water partition coefficient (Wildman–Crippen LogP) is 1.30. The van der Waals surface area contributed by atoms with Crippen LogP contribution in [-0.2, 0) is 19.5 Å². The first-order chi connectivity index (χ1) is 9.98. The molecule has 0 heterocycles. The average molecular weight is 313 g/mol. The van der Waals surface area contributed by atoms with E-state index in [1.807, 2.05) is 0 Å². The topological polar surface area (TPSA) is 72.9 Å². The summed E-state index contributed by atoms with van der Waals surface area (Å²) in [6.45, 7) is 4.09. The van der Waals surface area contributed by atoms with Crippen molar-refractivity contribution in [1.29, 1.82) is 0 Å². The summed E-state index contributed by atoms with van der Waals surface area (Å²) in [5.41, 5.74) is 0.00600. The zero-order valence-electron chi connectivity index (χ0n) is 12.1. The van der Waals surface area contributed by atoms with Crippen molar-refractivity contribution in [3.05, 3.63) is 42.5 Å². The Morgan fingerprint density at radius 1 is 1.33 bits per heavy atom. The van der Waals surface area contributed by atoms with Gasteiger partial charge < -0.3 is 9.47 Å². The number of hydrogen-bond donors (Lipinski definition) is 0. The smallest absolute Gasteiger partial charge is 0.339 e. The highest BCUT2D eigenvalue weighted by Crippen LogP contribution is 2.21. The molecule has 116 valence electrons. The summed E-state index contributed by atoms with van der Waals surface area (Å²) in [6, 6.07) is 5.94. The van der Waals surface area contributed by atoms with Gasteiger partial charge in [0.25, 0.3) is 0 Å². The predicted molar refractivity (Wildman–Crippen MR) is 78.6 cm³/mol. The number of rotatable bonds is 8. The molecule has 0 unspecified atom stereocenters. The fourth-order valence-electron chi connectivity index (χ4n) is 1.76. The second kappa shape index (κ2) is 7.92. The molecule has 0 bridgehead atoms. The third kappa shape index (κ3) is 4.13. The molecular formula is C14H19NO5S. The molecule has 7 heteroatoms. The number of benzene rings is 1. The van der Waals surface area contributed by atoms with Crippen molar-refractivity contribution in [1.82, 2.24) is 4.31 Å². The number of esters is 1. The van der Waals surface area contributed by atoms with E-state index in [0.717, 1.165) is 0 Å². The molecule has 0 N–H and O–H groups in total. The number of methoxy groups -OCH3 is 2.